The average molecular weight is 258 g/mol. The zero-order valence-electron chi connectivity index (χ0n) is 11.8. The van der Waals surface area contributed by atoms with E-state index in [0.29, 0.717) is 6.54 Å². The van der Waals surface area contributed by atoms with Crippen molar-refractivity contribution in [3.8, 4) is 0 Å². The van der Waals surface area contributed by atoms with Crippen LogP contribution in [0.15, 0.2) is 54.6 Å². The van der Waals surface area contributed by atoms with Gasteiger partial charge in [-0.1, -0.05) is 48.6 Å². The molecule has 102 valence electrons. The fourth-order valence-electron chi connectivity index (χ4n) is 1.78. The van der Waals surface area contributed by atoms with E-state index in [1.54, 1.807) is 6.08 Å². The summed E-state index contributed by atoms with van der Waals surface area (Å²) in [5.74, 6) is -0.0686. The van der Waals surface area contributed by atoms with E-state index >= 15 is 0 Å². The number of benzene rings is 1. The van der Waals surface area contributed by atoms with Gasteiger partial charge in [0, 0.05) is 12.6 Å². The van der Waals surface area contributed by atoms with Crippen LogP contribution in [0.25, 0.3) is 0 Å². The van der Waals surface area contributed by atoms with Crippen LogP contribution >= 0.6 is 0 Å². The Kier molecular flexibility index (Phi) is 6.61. The second kappa shape index (κ2) is 8.27. The van der Waals surface area contributed by atoms with E-state index in [4.69, 9.17) is 0 Å². The van der Waals surface area contributed by atoms with Crippen molar-refractivity contribution in [2.24, 2.45) is 0 Å². The predicted octanol–water partition coefficient (Wildman–Crippen LogP) is 2.54. The fourth-order valence-corrected chi connectivity index (χ4v) is 1.78. The molecule has 1 N–H and O–H groups in total. The number of hydrogen-bond donors (Lipinski definition) is 1. The second-order valence-corrected chi connectivity index (χ2v) is 4.52. The summed E-state index contributed by atoms with van der Waals surface area (Å²) in [6.07, 6.45) is 7.00. The van der Waals surface area contributed by atoms with E-state index in [0.717, 1.165) is 0 Å². The molecule has 1 atom stereocenters. The van der Waals surface area contributed by atoms with Crippen molar-refractivity contribution < 1.29 is 4.79 Å². The zero-order valence-corrected chi connectivity index (χ0v) is 11.8. The summed E-state index contributed by atoms with van der Waals surface area (Å²) in [6, 6.07) is 10.4. The van der Waals surface area contributed by atoms with Gasteiger partial charge in [-0.05, 0) is 26.6 Å². The maximum Gasteiger partial charge on any atom is 0.244 e. The molecule has 3 heteroatoms. The van der Waals surface area contributed by atoms with E-state index in [1.807, 2.05) is 51.4 Å². The highest BCUT2D eigenvalue weighted by Gasteiger charge is 2.13. The lowest BCUT2D eigenvalue weighted by molar-refractivity contribution is -0.116. The van der Waals surface area contributed by atoms with Gasteiger partial charge in [0.15, 0.2) is 0 Å². The first kappa shape index (κ1) is 15.2. The van der Waals surface area contributed by atoms with Crippen molar-refractivity contribution in [1.82, 2.24) is 10.2 Å². The number of likely N-dealkylation sites (N-methyl/N-ethyl adjacent to an activating group) is 1. The van der Waals surface area contributed by atoms with Crippen LogP contribution in [-0.4, -0.2) is 31.4 Å². The summed E-state index contributed by atoms with van der Waals surface area (Å²) in [7, 11) is 4.03. The number of rotatable bonds is 6. The van der Waals surface area contributed by atoms with Crippen LogP contribution in [0, 0.1) is 0 Å². The van der Waals surface area contributed by atoms with Gasteiger partial charge >= 0.3 is 0 Å². The van der Waals surface area contributed by atoms with E-state index in [2.05, 4.69) is 22.3 Å². The maximum atomic E-state index is 11.6. The molecule has 0 aliphatic heterocycles. The lowest BCUT2D eigenvalue weighted by Crippen LogP contribution is -2.33. The van der Waals surface area contributed by atoms with Crippen molar-refractivity contribution in [2.75, 3.05) is 20.6 Å². The molecule has 1 aromatic rings. The van der Waals surface area contributed by atoms with Gasteiger partial charge in [0.25, 0.3) is 0 Å². The first-order valence-electron chi connectivity index (χ1n) is 6.43. The largest absolute Gasteiger partial charge is 0.351 e. The van der Waals surface area contributed by atoms with Crippen molar-refractivity contribution >= 4 is 5.91 Å². The zero-order chi connectivity index (χ0) is 14.1. The topological polar surface area (TPSA) is 32.3 Å². The minimum absolute atomic E-state index is 0.0686. The Morgan fingerprint density at radius 2 is 1.95 bits per heavy atom. The number of carbonyl (C=O) groups excluding carboxylic acids is 1. The number of allylic oxidation sites excluding steroid dienone is 3. The van der Waals surface area contributed by atoms with Crippen LogP contribution in [0.4, 0.5) is 0 Å². The predicted molar refractivity (Wildman–Crippen MR) is 79.8 cm³/mol. The highest BCUT2D eigenvalue weighted by atomic mass is 16.1. The Hall–Kier alpha value is -1.87. The minimum atomic E-state index is -0.0686. The Morgan fingerprint density at radius 1 is 1.26 bits per heavy atom. The minimum Gasteiger partial charge on any atom is -0.351 e. The van der Waals surface area contributed by atoms with Crippen LogP contribution in [0.5, 0.6) is 0 Å². The molecule has 0 spiro atoms. The Balaban J connectivity index is 2.59. The number of nitrogens with one attached hydrogen (secondary N) is 1. The summed E-state index contributed by atoms with van der Waals surface area (Å²) >= 11 is 0. The smallest absolute Gasteiger partial charge is 0.244 e. The molecular formula is C16H22N2O. The third kappa shape index (κ3) is 5.53. The van der Waals surface area contributed by atoms with Crippen molar-refractivity contribution in [2.45, 2.75) is 13.0 Å². The van der Waals surface area contributed by atoms with Crippen LogP contribution in [0.3, 0.4) is 0 Å². The standard InChI is InChI=1S/C16H22N2O/c1-4-5-7-12-16(19)17-13-15(18(2)3)14-10-8-6-9-11-14/h4-12,15H,13H2,1-3H3,(H,17,19). The van der Waals surface area contributed by atoms with Gasteiger partial charge in [0.05, 0.1) is 6.04 Å². The van der Waals surface area contributed by atoms with Crippen LogP contribution < -0.4 is 5.32 Å². The molecule has 0 aliphatic rings. The van der Waals surface area contributed by atoms with E-state index < -0.39 is 0 Å². The number of amides is 1. The van der Waals surface area contributed by atoms with Gasteiger partial charge in [-0.25, -0.2) is 0 Å². The lowest BCUT2D eigenvalue weighted by Gasteiger charge is -2.24. The Morgan fingerprint density at radius 3 is 2.53 bits per heavy atom. The highest BCUT2D eigenvalue weighted by molar-refractivity contribution is 5.87. The molecule has 0 radical (unpaired) electrons. The molecule has 0 bridgehead atoms. The lowest BCUT2D eigenvalue weighted by atomic mass is 10.1. The third-order valence-electron chi connectivity index (χ3n) is 2.83. The average Bonchev–Trinajstić information content (AvgIpc) is 2.40. The second-order valence-electron chi connectivity index (χ2n) is 4.52. The summed E-state index contributed by atoms with van der Waals surface area (Å²) in [5, 5.41) is 2.92. The molecule has 0 aliphatic carbocycles. The first-order valence-corrected chi connectivity index (χ1v) is 6.43. The molecule has 3 nitrogen and oxygen atoms in total. The molecule has 1 unspecified atom stereocenters. The summed E-state index contributed by atoms with van der Waals surface area (Å²) in [6.45, 7) is 2.51. The molecule has 0 saturated carbocycles. The molecule has 19 heavy (non-hydrogen) atoms. The van der Waals surface area contributed by atoms with Crippen LogP contribution in [0.1, 0.15) is 18.5 Å². The molecule has 0 saturated heterocycles. The van der Waals surface area contributed by atoms with E-state index in [1.165, 1.54) is 11.6 Å². The highest BCUT2D eigenvalue weighted by Crippen LogP contribution is 2.16. The molecule has 1 amide bonds. The summed E-state index contributed by atoms with van der Waals surface area (Å²) in [5.41, 5.74) is 1.20. The molecule has 0 aromatic heterocycles. The van der Waals surface area contributed by atoms with E-state index in [-0.39, 0.29) is 11.9 Å². The number of hydrogen-bond acceptors (Lipinski definition) is 2. The molecule has 0 heterocycles. The summed E-state index contributed by atoms with van der Waals surface area (Å²) in [4.78, 5) is 13.7. The van der Waals surface area contributed by atoms with Gasteiger partial charge in [0.1, 0.15) is 0 Å². The van der Waals surface area contributed by atoms with E-state index in [9.17, 15) is 4.79 Å². The molecular weight excluding hydrogens is 236 g/mol. The van der Waals surface area contributed by atoms with Crippen molar-refractivity contribution in [1.29, 1.82) is 0 Å². The molecule has 1 aromatic carbocycles. The van der Waals surface area contributed by atoms with Gasteiger partial charge in [-0.3, -0.25) is 4.79 Å². The SMILES string of the molecule is CC=CC=CC(=O)NCC(c1ccccc1)N(C)C. The van der Waals surface area contributed by atoms with Crippen molar-refractivity contribution in [3.63, 3.8) is 0 Å². The van der Waals surface area contributed by atoms with Gasteiger partial charge in [-0.15, -0.1) is 0 Å². The molecule has 0 fully saturated rings. The fraction of sp³-hybridized carbons (Fsp3) is 0.312. The van der Waals surface area contributed by atoms with Gasteiger partial charge in [0.2, 0.25) is 5.91 Å². The third-order valence-corrected chi connectivity index (χ3v) is 2.83. The van der Waals surface area contributed by atoms with Crippen LogP contribution in [0.2, 0.25) is 0 Å². The maximum absolute atomic E-state index is 11.6. The van der Waals surface area contributed by atoms with Gasteiger partial charge < -0.3 is 10.2 Å². The molecule has 1 rings (SSSR count). The Bertz CT molecular complexity index is 435. The normalized spacial score (nSPS) is 13.3. The van der Waals surface area contributed by atoms with Gasteiger partial charge in [-0.2, -0.15) is 0 Å². The quantitative estimate of drug-likeness (QED) is 0.628. The summed E-state index contributed by atoms with van der Waals surface area (Å²) < 4.78 is 0. The first-order chi connectivity index (χ1) is 9.15. The monoisotopic (exact) mass is 258 g/mol. The Labute approximate surface area is 115 Å². The number of carbonyl (C=O) groups is 1. The van der Waals surface area contributed by atoms with Crippen LogP contribution in [-0.2, 0) is 4.79 Å². The number of nitrogens with zero attached hydrogens (tertiary/aromatic N) is 1. The van der Waals surface area contributed by atoms with Crippen molar-refractivity contribution in [3.05, 3.63) is 60.2 Å².